The third kappa shape index (κ3) is 2.00. The minimum Gasteiger partial charge on any atom is -0.378 e. The third-order valence-electron chi connectivity index (χ3n) is 2.94. The molecule has 2 rings (SSSR count). The van der Waals surface area contributed by atoms with Gasteiger partial charge in [-0.25, -0.2) is 0 Å². The Morgan fingerprint density at radius 1 is 1.44 bits per heavy atom. The van der Waals surface area contributed by atoms with Gasteiger partial charge in [-0.15, -0.1) is 0 Å². The van der Waals surface area contributed by atoms with Gasteiger partial charge >= 0.3 is 0 Å². The predicted molar refractivity (Wildman–Crippen MR) is 65.0 cm³/mol. The zero-order valence-corrected chi connectivity index (χ0v) is 10.2. The Hall–Kier alpha value is -1.23. The van der Waals surface area contributed by atoms with E-state index in [1.54, 1.807) is 7.11 Å². The summed E-state index contributed by atoms with van der Waals surface area (Å²) in [5.41, 5.74) is 2.29. The van der Waals surface area contributed by atoms with Gasteiger partial charge in [0.15, 0.2) is 0 Å². The lowest BCUT2D eigenvalue weighted by Gasteiger charge is -2.12. The van der Waals surface area contributed by atoms with E-state index in [0.717, 1.165) is 43.1 Å². The van der Waals surface area contributed by atoms with E-state index in [0.29, 0.717) is 0 Å². The Morgan fingerprint density at radius 3 is 2.88 bits per heavy atom. The van der Waals surface area contributed by atoms with E-state index < -0.39 is 0 Å². The molecule has 1 aromatic heterocycles. The van der Waals surface area contributed by atoms with Crippen molar-refractivity contribution in [2.75, 3.05) is 30.8 Å². The van der Waals surface area contributed by atoms with Crippen LogP contribution in [0.2, 0.25) is 0 Å². The topological polar surface area (TPSA) is 51.1 Å². The summed E-state index contributed by atoms with van der Waals surface area (Å²) in [5, 5.41) is 11.3. The fraction of sp³-hybridized carbons (Fsp3) is 0.727. The van der Waals surface area contributed by atoms with E-state index in [1.165, 1.54) is 0 Å². The highest BCUT2D eigenvalue weighted by molar-refractivity contribution is 5.69. The Kier molecular flexibility index (Phi) is 3.33. The van der Waals surface area contributed by atoms with Gasteiger partial charge in [0.25, 0.3) is 0 Å². The summed E-state index contributed by atoms with van der Waals surface area (Å²) < 4.78 is 7.26. The highest BCUT2D eigenvalue weighted by Gasteiger charge is 2.21. The molecule has 2 heterocycles. The van der Waals surface area contributed by atoms with Crippen molar-refractivity contribution < 1.29 is 4.74 Å². The van der Waals surface area contributed by atoms with E-state index in [4.69, 9.17) is 4.74 Å². The molecule has 2 N–H and O–H groups in total. The number of fused-ring (bicyclic) bond motifs is 1. The van der Waals surface area contributed by atoms with Gasteiger partial charge in [0.05, 0.1) is 11.8 Å². The van der Waals surface area contributed by atoms with Crippen molar-refractivity contribution >= 4 is 11.5 Å². The fourth-order valence-electron chi connectivity index (χ4n) is 2.05. The number of methoxy groups -OCH3 is 1. The van der Waals surface area contributed by atoms with Crippen LogP contribution in [-0.4, -0.2) is 36.1 Å². The SMILES string of the molecule is CCCc1nn(C)c2c1NCC(OC)CN2. The molecule has 0 radical (unpaired) electrons. The average Bonchev–Trinajstić information content (AvgIpc) is 2.49. The second-order valence-corrected chi connectivity index (χ2v) is 4.16. The number of nitrogens with one attached hydrogen (secondary N) is 2. The van der Waals surface area contributed by atoms with Crippen LogP contribution in [-0.2, 0) is 18.2 Å². The molecule has 16 heavy (non-hydrogen) atoms. The van der Waals surface area contributed by atoms with Crippen LogP contribution in [0.15, 0.2) is 0 Å². The Morgan fingerprint density at radius 2 is 2.19 bits per heavy atom. The summed E-state index contributed by atoms with van der Waals surface area (Å²) in [7, 11) is 3.72. The van der Waals surface area contributed by atoms with Gasteiger partial charge in [-0.1, -0.05) is 13.3 Å². The predicted octanol–water partition coefficient (Wildman–Crippen LogP) is 1.22. The molecule has 1 aliphatic rings. The van der Waals surface area contributed by atoms with Gasteiger partial charge in [-0.2, -0.15) is 5.10 Å². The largest absolute Gasteiger partial charge is 0.378 e. The maximum atomic E-state index is 5.36. The van der Waals surface area contributed by atoms with Gasteiger partial charge < -0.3 is 15.4 Å². The molecular formula is C11H20N4O. The van der Waals surface area contributed by atoms with Crippen LogP contribution >= 0.6 is 0 Å². The molecule has 0 aromatic carbocycles. The van der Waals surface area contributed by atoms with E-state index in [2.05, 4.69) is 22.7 Å². The smallest absolute Gasteiger partial charge is 0.148 e. The number of aromatic nitrogens is 2. The van der Waals surface area contributed by atoms with Gasteiger partial charge in [0, 0.05) is 27.2 Å². The molecule has 0 bridgehead atoms. The Balaban J connectivity index is 2.24. The first-order chi connectivity index (χ1) is 7.76. The number of hydrogen-bond donors (Lipinski definition) is 2. The Bertz CT molecular complexity index is 361. The second kappa shape index (κ2) is 4.74. The van der Waals surface area contributed by atoms with Crippen molar-refractivity contribution in [2.24, 2.45) is 7.05 Å². The number of nitrogens with zero attached hydrogens (tertiary/aromatic N) is 2. The van der Waals surface area contributed by atoms with Crippen molar-refractivity contribution in [3.63, 3.8) is 0 Å². The Labute approximate surface area is 96.2 Å². The highest BCUT2D eigenvalue weighted by atomic mass is 16.5. The van der Waals surface area contributed by atoms with Crippen molar-refractivity contribution in [3.05, 3.63) is 5.69 Å². The first-order valence-electron chi connectivity index (χ1n) is 5.82. The highest BCUT2D eigenvalue weighted by Crippen LogP contribution is 2.28. The number of hydrogen-bond acceptors (Lipinski definition) is 4. The third-order valence-corrected chi connectivity index (χ3v) is 2.94. The van der Waals surface area contributed by atoms with Crippen molar-refractivity contribution in [1.29, 1.82) is 0 Å². The molecule has 0 amide bonds. The van der Waals surface area contributed by atoms with Crippen LogP contribution in [0.4, 0.5) is 11.5 Å². The molecule has 5 heteroatoms. The molecule has 0 spiro atoms. The standard InChI is InChI=1S/C11H20N4O/c1-4-5-9-10-11(15(2)14-9)13-7-8(16-3)6-12-10/h8,12-13H,4-7H2,1-3H3. The van der Waals surface area contributed by atoms with Crippen LogP contribution in [0, 0.1) is 0 Å². The number of rotatable bonds is 3. The maximum absolute atomic E-state index is 5.36. The molecular weight excluding hydrogens is 204 g/mol. The van der Waals surface area contributed by atoms with Crippen LogP contribution < -0.4 is 10.6 Å². The van der Waals surface area contributed by atoms with Crippen LogP contribution in [0.3, 0.4) is 0 Å². The van der Waals surface area contributed by atoms with Gasteiger partial charge in [-0.05, 0) is 6.42 Å². The first-order valence-corrected chi connectivity index (χ1v) is 5.82. The molecule has 0 saturated carbocycles. The molecule has 0 aliphatic carbocycles. The minimum atomic E-state index is 0.210. The quantitative estimate of drug-likeness (QED) is 0.810. The average molecular weight is 224 g/mol. The fourth-order valence-corrected chi connectivity index (χ4v) is 2.05. The summed E-state index contributed by atoms with van der Waals surface area (Å²) in [4.78, 5) is 0. The first kappa shape index (κ1) is 11.3. The van der Waals surface area contributed by atoms with Gasteiger partial charge in [-0.3, -0.25) is 4.68 Å². The van der Waals surface area contributed by atoms with Gasteiger partial charge in [0.1, 0.15) is 11.5 Å². The van der Waals surface area contributed by atoms with Gasteiger partial charge in [0.2, 0.25) is 0 Å². The minimum absolute atomic E-state index is 0.210. The van der Waals surface area contributed by atoms with E-state index in [1.807, 2.05) is 11.7 Å². The molecule has 90 valence electrons. The number of aryl methyl sites for hydroxylation is 2. The second-order valence-electron chi connectivity index (χ2n) is 4.16. The summed E-state index contributed by atoms with van der Waals surface area (Å²) in [6.07, 6.45) is 2.33. The van der Waals surface area contributed by atoms with Crippen LogP contribution in [0.1, 0.15) is 19.0 Å². The maximum Gasteiger partial charge on any atom is 0.148 e. The molecule has 1 aromatic rings. The number of anilines is 2. The summed E-state index contributed by atoms with van der Waals surface area (Å²) in [5.74, 6) is 1.07. The lowest BCUT2D eigenvalue weighted by Crippen LogP contribution is -2.27. The summed E-state index contributed by atoms with van der Waals surface area (Å²) >= 11 is 0. The van der Waals surface area contributed by atoms with E-state index in [9.17, 15) is 0 Å². The lowest BCUT2D eigenvalue weighted by molar-refractivity contribution is 0.124. The molecule has 1 unspecified atom stereocenters. The number of ether oxygens (including phenoxy) is 1. The van der Waals surface area contributed by atoms with Crippen molar-refractivity contribution in [2.45, 2.75) is 25.9 Å². The van der Waals surface area contributed by atoms with Crippen LogP contribution in [0.5, 0.6) is 0 Å². The lowest BCUT2D eigenvalue weighted by atomic mass is 10.2. The zero-order valence-electron chi connectivity index (χ0n) is 10.2. The molecule has 1 atom stereocenters. The molecule has 1 aliphatic heterocycles. The zero-order chi connectivity index (χ0) is 11.5. The van der Waals surface area contributed by atoms with Crippen molar-refractivity contribution in [1.82, 2.24) is 9.78 Å². The normalized spacial score (nSPS) is 19.6. The molecule has 5 nitrogen and oxygen atoms in total. The van der Waals surface area contributed by atoms with E-state index in [-0.39, 0.29) is 6.10 Å². The van der Waals surface area contributed by atoms with Crippen LogP contribution in [0.25, 0.3) is 0 Å². The van der Waals surface area contributed by atoms with Crippen molar-refractivity contribution in [3.8, 4) is 0 Å². The monoisotopic (exact) mass is 224 g/mol. The molecule has 0 saturated heterocycles. The van der Waals surface area contributed by atoms with E-state index >= 15 is 0 Å². The summed E-state index contributed by atoms with van der Waals surface area (Å²) in [6.45, 7) is 3.82. The summed E-state index contributed by atoms with van der Waals surface area (Å²) in [6, 6.07) is 0. The molecule has 0 fully saturated rings.